The third-order valence-corrected chi connectivity index (χ3v) is 13.2. The summed E-state index contributed by atoms with van der Waals surface area (Å²) in [6, 6.07) is 48.7. The van der Waals surface area contributed by atoms with Crippen LogP contribution in [0.1, 0.15) is 40.0 Å². The van der Waals surface area contributed by atoms with E-state index in [1.54, 1.807) is 29.1 Å². The van der Waals surface area contributed by atoms with Gasteiger partial charge in [0.15, 0.2) is 11.0 Å². The third-order valence-electron chi connectivity index (χ3n) is 13.2. The highest BCUT2D eigenvalue weighted by Gasteiger charge is 2.26. The van der Waals surface area contributed by atoms with Crippen LogP contribution in [0, 0.1) is 0 Å². The number of rotatable bonds is 8. The Morgan fingerprint density at radius 3 is 1.80 bits per heavy atom. The fraction of sp³-hybridized carbons (Fsp3) is 0.0625. The molecule has 6 nitrogen and oxygen atoms in total. The molecule has 0 bridgehead atoms. The van der Waals surface area contributed by atoms with Crippen molar-refractivity contribution in [2.75, 3.05) is 0 Å². The van der Waals surface area contributed by atoms with Gasteiger partial charge in [-0.25, -0.2) is 4.98 Å². The van der Waals surface area contributed by atoms with Crippen LogP contribution in [0.25, 0.3) is 99.8 Å². The number of benzene rings is 9. The predicted octanol–water partition coefficient (Wildman–Crippen LogP) is 15.9. The summed E-state index contributed by atoms with van der Waals surface area (Å²) in [5, 5.41) is 4.43. The van der Waals surface area contributed by atoms with Crippen LogP contribution in [-0.2, 0) is 5.41 Å². The van der Waals surface area contributed by atoms with Gasteiger partial charge in [0.05, 0.1) is 35.8 Å². The van der Waals surface area contributed by atoms with E-state index in [9.17, 15) is 0 Å². The number of nitrogens with zero attached hydrogens (tertiary/aromatic N) is 5. The van der Waals surface area contributed by atoms with E-state index in [0.29, 0.717) is 28.2 Å². The second-order valence-electron chi connectivity index (χ2n) is 18.4. The van der Waals surface area contributed by atoms with Gasteiger partial charge in [0, 0.05) is 56.7 Å². The van der Waals surface area contributed by atoms with E-state index < -0.39 is 60.4 Å². The van der Waals surface area contributed by atoms with Crippen LogP contribution in [0.2, 0.25) is 0 Å². The summed E-state index contributed by atoms with van der Waals surface area (Å²) in [5.41, 5.74) is 8.53. The number of para-hydroxylation sites is 5. The Balaban J connectivity index is 0.967. The van der Waals surface area contributed by atoms with Crippen LogP contribution < -0.4 is 9.30 Å². The van der Waals surface area contributed by atoms with Crippen LogP contribution in [0.4, 0.5) is 0 Å². The lowest BCUT2D eigenvalue weighted by molar-refractivity contribution is -0.566. The Kier molecular flexibility index (Phi) is 7.45. The first kappa shape index (κ1) is 31.9. The first-order valence-corrected chi connectivity index (χ1v) is 23.1. The largest absolute Gasteiger partial charge is 0.457 e. The first-order valence-electron chi connectivity index (χ1n) is 28.1. The van der Waals surface area contributed by atoms with E-state index in [-0.39, 0.29) is 33.4 Å². The standard InChI is InChI=1S/C64H48N5O/c1-64(2,3)45-36-37-65-62(38-45)69-58-35-32-47(68-56-28-12-10-24-52(56)53-25-11-13-29-57(53)68)40-55(58)54-34-33-49(41-61(54)69)70-48-23-16-22-46(39-48)66-42-67(60-31-15-14-30-59(60)66)63-50(43-18-6-4-7-19-43)26-17-27-51(63)44-20-8-5-9-21-44/h4-42H,1-3H3/q+1/i4D,5D,6D,7D,8D,9D,18D,19D,20D,21D. The van der Waals surface area contributed by atoms with Gasteiger partial charge in [0.1, 0.15) is 28.7 Å². The van der Waals surface area contributed by atoms with Gasteiger partial charge < -0.3 is 9.30 Å². The van der Waals surface area contributed by atoms with Crippen molar-refractivity contribution in [3.63, 3.8) is 0 Å². The molecule has 0 aliphatic rings. The lowest BCUT2D eigenvalue weighted by Crippen LogP contribution is -2.30. The van der Waals surface area contributed by atoms with E-state index in [1.807, 2.05) is 71.4 Å². The average Bonchev–Trinajstić information content (AvgIpc) is 4.33. The van der Waals surface area contributed by atoms with Crippen molar-refractivity contribution in [3.05, 3.63) is 242 Å². The summed E-state index contributed by atoms with van der Waals surface area (Å²) < 4.78 is 103. The lowest BCUT2D eigenvalue weighted by atomic mass is 9.88. The quantitative estimate of drug-likeness (QED) is 0.143. The van der Waals surface area contributed by atoms with Crippen molar-refractivity contribution >= 4 is 54.6 Å². The number of hydrogen-bond donors (Lipinski definition) is 0. The van der Waals surface area contributed by atoms with E-state index in [2.05, 4.69) is 115 Å². The van der Waals surface area contributed by atoms with Crippen molar-refractivity contribution < 1.29 is 23.0 Å². The molecule has 0 radical (unpaired) electrons. The lowest BCUT2D eigenvalue weighted by Gasteiger charge is -2.20. The Bertz CT molecular complexity index is 4570. The van der Waals surface area contributed by atoms with Gasteiger partial charge in [-0.05, 0) is 101 Å². The zero-order valence-corrected chi connectivity index (χ0v) is 38.4. The van der Waals surface area contributed by atoms with E-state index in [0.717, 1.165) is 49.9 Å². The van der Waals surface area contributed by atoms with Crippen molar-refractivity contribution in [1.29, 1.82) is 0 Å². The number of aromatic nitrogens is 5. The normalized spacial score (nSPS) is 13.9. The molecule has 6 heteroatoms. The van der Waals surface area contributed by atoms with Crippen LogP contribution in [0.5, 0.6) is 11.5 Å². The molecular formula is C64H48N5O+. The summed E-state index contributed by atoms with van der Waals surface area (Å²) in [6.07, 6.45) is 3.65. The monoisotopic (exact) mass is 912 g/mol. The van der Waals surface area contributed by atoms with Crippen molar-refractivity contribution in [2.24, 2.45) is 0 Å². The van der Waals surface area contributed by atoms with Gasteiger partial charge in [-0.2, -0.15) is 9.13 Å². The second kappa shape index (κ2) is 16.4. The molecule has 334 valence electrons. The molecule has 0 fully saturated rings. The van der Waals surface area contributed by atoms with Crippen LogP contribution >= 0.6 is 0 Å². The average molecular weight is 913 g/mol. The summed E-state index contributed by atoms with van der Waals surface area (Å²) in [7, 11) is 0. The van der Waals surface area contributed by atoms with Gasteiger partial charge in [-0.15, -0.1) is 0 Å². The molecule has 0 atom stereocenters. The van der Waals surface area contributed by atoms with Crippen molar-refractivity contribution in [3.8, 4) is 56.6 Å². The van der Waals surface area contributed by atoms with Gasteiger partial charge in [-0.3, -0.25) is 4.57 Å². The second-order valence-corrected chi connectivity index (χ2v) is 18.4. The van der Waals surface area contributed by atoms with E-state index >= 15 is 0 Å². The third kappa shape index (κ3) is 6.87. The summed E-state index contributed by atoms with van der Waals surface area (Å²) in [6.45, 7) is 6.58. The number of pyridine rings is 1. The zero-order chi connectivity index (χ0) is 55.6. The molecule has 0 saturated heterocycles. The Morgan fingerprint density at radius 1 is 0.486 bits per heavy atom. The van der Waals surface area contributed by atoms with E-state index in [4.69, 9.17) is 23.4 Å². The number of fused-ring (bicyclic) bond motifs is 7. The number of hydrogen-bond acceptors (Lipinski definition) is 2. The Labute approximate surface area is 420 Å². The van der Waals surface area contributed by atoms with Gasteiger partial charge in [0.25, 0.3) is 6.33 Å². The van der Waals surface area contributed by atoms with Crippen LogP contribution in [0.15, 0.2) is 237 Å². The molecule has 0 N–H and O–H groups in total. The maximum absolute atomic E-state index is 9.08. The SMILES string of the molecule is [2H]c1c([2H])c([2H])c(-c2cccc(-c3c([2H])c([2H])c([2H])c([2H])c3[2H])c2-[n+]2cn(-c3cccc(Oc4ccc5c6cc(-n7c8ccccc8c8ccccc87)ccc6n(-c6cc(C(C)(C)C)ccn6)c5c4)c3)c3ccccc32)c([2H])c1[2H]. The Morgan fingerprint density at radius 2 is 1.10 bits per heavy atom. The number of imidazole rings is 1. The highest BCUT2D eigenvalue weighted by Crippen LogP contribution is 2.40. The minimum absolute atomic E-state index is 0.114. The molecule has 0 saturated carbocycles. The fourth-order valence-corrected chi connectivity index (χ4v) is 9.95. The van der Waals surface area contributed by atoms with E-state index in [1.165, 1.54) is 10.8 Å². The van der Waals surface area contributed by atoms with Crippen LogP contribution in [-0.4, -0.2) is 18.7 Å². The summed E-state index contributed by atoms with van der Waals surface area (Å²) in [5.74, 6) is 1.88. The smallest absolute Gasteiger partial charge is 0.255 e. The molecule has 4 heterocycles. The highest BCUT2D eigenvalue weighted by atomic mass is 16.5. The van der Waals surface area contributed by atoms with Gasteiger partial charge >= 0.3 is 0 Å². The molecule has 13 rings (SSSR count). The maximum Gasteiger partial charge on any atom is 0.255 e. The zero-order valence-electron chi connectivity index (χ0n) is 48.4. The van der Waals surface area contributed by atoms with Crippen molar-refractivity contribution in [2.45, 2.75) is 26.2 Å². The molecule has 9 aromatic carbocycles. The first-order chi connectivity index (χ1) is 38.5. The Hall–Kier alpha value is -9.00. The fourth-order valence-electron chi connectivity index (χ4n) is 9.95. The number of ether oxygens (including phenoxy) is 1. The highest BCUT2D eigenvalue weighted by molar-refractivity contribution is 6.12. The molecule has 0 unspecified atom stereocenters. The summed E-state index contributed by atoms with van der Waals surface area (Å²) >= 11 is 0. The molecule has 4 aromatic heterocycles. The molecule has 70 heavy (non-hydrogen) atoms. The van der Waals surface area contributed by atoms with Crippen LogP contribution in [0.3, 0.4) is 0 Å². The molecular weight excluding hydrogens is 855 g/mol. The molecule has 13 aromatic rings. The van der Waals surface area contributed by atoms with Gasteiger partial charge in [0.2, 0.25) is 0 Å². The minimum atomic E-state index is -0.561. The molecule has 0 aliphatic heterocycles. The predicted molar refractivity (Wildman–Crippen MR) is 287 cm³/mol. The van der Waals surface area contributed by atoms with Gasteiger partial charge in [-0.1, -0.05) is 154 Å². The minimum Gasteiger partial charge on any atom is -0.457 e. The summed E-state index contributed by atoms with van der Waals surface area (Å²) in [4.78, 5) is 4.97. The molecule has 0 amide bonds. The van der Waals surface area contributed by atoms with Crippen molar-refractivity contribution in [1.82, 2.24) is 18.7 Å². The topological polar surface area (TPSA) is 40.8 Å². The molecule has 0 spiro atoms. The maximum atomic E-state index is 9.08. The molecule has 0 aliphatic carbocycles.